The monoisotopic (exact) mass is 468 g/mol. The molecule has 0 radical (unpaired) electrons. The van der Waals surface area contributed by atoms with E-state index >= 15 is 0 Å². The molecule has 0 bridgehead atoms. The molecule has 3 aromatic heterocycles. The van der Waals surface area contributed by atoms with Crippen molar-refractivity contribution in [3.63, 3.8) is 0 Å². The Balaban J connectivity index is 1.28. The van der Waals surface area contributed by atoms with Crippen LogP contribution in [0.5, 0.6) is 0 Å². The molecule has 0 aliphatic carbocycles. The molecule has 1 atom stereocenters. The Morgan fingerprint density at radius 2 is 2.00 bits per heavy atom. The van der Waals surface area contributed by atoms with Crippen LogP contribution in [0.3, 0.4) is 0 Å². The van der Waals surface area contributed by atoms with Gasteiger partial charge < -0.3 is 10.3 Å². The summed E-state index contributed by atoms with van der Waals surface area (Å²) in [4.78, 5) is 38.1. The molecular weight excluding hydrogens is 444 g/mol. The Morgan fingerprint density at radius 3 is 2.72 bits per heavy atom. The van der Waals surface area contributed by atoms with Crippen LogP contribution in [0.4, 0.5) is 0 Å². The number of amides is 1. The first-order valence-corrected chi connectivity index (χ1v) is 12.1. The van der Waals surface area contributed by atoms with Gasteiger partial charge in [-0.15, -0.1) is 23.1 Å². The average molecular weight is 469 g/mol. The highest BCUT2D eigenvalue weighted by Crippen LogP contribution is 2.26. The summed E-state index contributed by atoms with van der Waals surface area (Å²) in [6, 6.07) is 8.04. The highest BCUT2D eigenvalue weighted by Gasteiger charge is 2.16. The third-order valence-corrected chi connectivity index (χ3v) is 7.48. The van der Waals surface area contributed by atoms with E-state index in [-0.39, 0.29) is 16.7 Å². The summed E-state index contributed by atoms with van der Waals surface area (Å²) in [6.07, 6.45) is 3.19. The van der Waals surface area contributed by atoms with Gasteiger partial charge in [-0.1, -0.05) is 24.3 Å². The molecule has 0 saturated carbocycles. The summed E-state index contributed by atoms with van der Waals surface area (Å²) in [5.41, 5.74) is 3.01. The number of aromatic amines is 1. The minimum Gasteiger partial charge on any atom is -0.351 e. The van der Waals surface area contributed by atoms with E-state index in [0.29, 0.717) is 30.1 Å². The molecule has 0 spiro atoms. The molecule has 8 nitrogen and oxygen atoms in total. The van der Waals surface area contributed by atoms with Gasteiger partial charge in [0.15, 0.2) is 0 Å². The molecule has 0 aliphatic heterocycles. The summed E-state index contributed by atoms with van der Waals surface area (Å²) in [5.74, 6) is 1.01. The Bertz CT molecular complexity index is 1280. The predicted octanol–water partition coefficient (Wildman–Crippen LogP) is 3.18. The van der Waals surface area contributed by atoms with Crippen molar-refractivity contribution in [2.45, 2.75) is 44.9 Å². The number of rotatable bonds is 8. The number of carbonyl (C=O) groups is 1. The number of aromatic nitrogens is 5. The maximum atomic E-state index is 12.5. The van der Waals surface area contributed by atoms with Gasteiger partial charge in [0.2, 0.25) is 5.91 Å². The second kappa shape index (κ2) is 9.66. The molecule has 3 heterocycles. The van der Waals surface area contributed by atoms with Crippen LogP contribution < -0.4 is 10.9 Å². The number of benzene rings is 1. The van der Waals surface area contributed by atoms with E-state index in [4.69, 9.17) is 0 Å². The van der Waals surface area contributed by atoms with E-state index in [1.54, 1.807) is 11.0 Å². The number of H-pyrrole nitrogens is 1. The molecule has 166 valence electrons. The van der Waals surface area contributed by atoms with Crippen molar-refractivity contribution in [2.75, 3.05) is 0 Å². The van der Waals surface area contributed by atoms with Crippen molar-refractivity contribution in [1.29, 1.82) is 0 Å². The van der Waals surface area contributed by atoms with Gasteiger partial charge in [0.05, 0.1) is 22.9 Å². The molecule has 32 heavy (non-hydrogen) atoms. The third kappa shape index (κ3) is 5.08. The Morgan fingerprint density at radius 1 is 1.25 bits per heavy atom. The molecule has 0 fully saturated rings. The smallest absolute Gasteiger partial charge is 0.259 e. The lowest BCUT2D eigenvalue weighted by molar-refractivity contribution is -0.120. The standard InChI is InChI=1S/C22H24N6O2S2/c1-13-14(2)32-22-19(13)21(30)26-18(27-22)10-31-15(3)20(29)24-8-16-4-6-17(7-5-16)9-28-12-23-11-25-28/h4-7,11-12,15H,8-10H2,1-3H3,(H,24,29)(H,26,27,30). The van der Waals surface area contributed by atoms with Gasteiger partial charge in [0.1, 0.15) is 23.3 Å². The van der Waals surface area contributed by atoms with Crippen molar-refractivity contribution >= 4 is 39.2 Å². The van der Waals surface area contributed by atoms with Crippen LogP contribution in [0.25, 0.3) is 10.2 Å². The number of fused-ring (bicyclic) bond motifs is 1. The molecule has 1 unspecified atom stereocenters. The lowest BCUT2D eigenvalue weighted by atomic mass is 10.1. The summed E-state index contributed by atoms with van der Waals surface area (Å²) >= 11 is 2.98. The van der Waals surface area contributed by atoms with Crippen LogP contribution >= 0.6 is 23.1 Å². The minimum atomic E-state index is -0.269. The highest BCUT2D eigenvalue weighted by atomic mass is 32.2. The van der Waals surface area contributed by atoms with E-state index in [1.807, 2.05) is 45.0 Å². The Hall–Kier alpha value is -2.98. The Labute approximate surface area is 193 Å². The quantitative estimate of drug-likeness (QED) is 0.411. The van der Waals surface area contributed by atoms with Crippen LogP contribution in [0, 0.1) is 13.8 Å². The average Bonchev–Trinajstić information content (AvgIpc) is 3.39. The number of hydrogen-bond acceptors (Lipinski definition) is 7. The zero-order valence-corrected chi connectivity index (χ0v) is 19.7. The van der Waals surface area contributed by atoms with Gasteiger partial charge in [-0.25, -0.2) is 14.6 Å². The molecule has 4 rings (SSSR count). The normalized spacial score (nSPS) is 12.2. The zero-order chi connectivity index (χ0) is 22.7. The van der Waals surface area contributed by atoms with Crippen molar-refractivity contribution in [3.8, 4) is 0 Å². The van der Waals surface area contributed by atoms with Gasteiger partial charge in [-0.3, -0.25) is 9.59 Å². The van der Waals surface area contributed by atoms with E-state index in [0.717, 1.165) is 26.4 Å². The first kappa shape index (κ1) is 22.2. The lowest BCUT2D eigenvalue weighted by Crippen LogP contribution is -2.30. The molecule has 2 N–H and O–H groups in total. The topological polar surface area (TPSA) is 106 Å². The lowest BCUT2D eigenvalue weighted by Gasteiger charge is -2.12. The maximum Gasteiger partial charge on any atom is 0.259 e. The van der Waals surface area contributed by atoms with Crippen molar-refractivity contribution in [3.05, 3.63) is 74.7 Å². The highest BCUT2D eigenvalue weighted by molar-refractivity contribution is 7.99. The van der Waals surface area contributed by atoms with Crippen molar-refractivity contribution in [2.24, 2.45) is 0 Å². The van der Waals surface area contributed by atoms with E-state index in [2.05, 4.69) is 25.4 Å². The Kier molecular flexibility index (Phi) is 6.71. The number of aryl methyl sites for hydroxylation is 2. The molecule has 1 amide bonds. The fraction of sp³-hybridized carbons (Fsp3) is 0.318. The molecule has 4 aromatic rings. The first-order valence-electron chi connectivity index (χ1n) is 10.2. The van der Waals surface area contributed by atoms with E-state index in [1.165, 1.54) is 29.4 Å². The van der Waals surface area contributed by atoms with E-state index in [9.17, 15) is 9.59 Å². The number of hydrogen-bond donors (Lipinski definition) is 2. The van der Waals surface area contributed by atoms with Crippen molar-refractivity contribution in [1.82, 2.24) is 30.0 Å². The van der Waals surface area contributed by atoms with E-state index < -0.39 is 0 Å². The molecular formula is C22H24N6O2S2. The molecule has 1 aromatic carbocycles. The van der Waals surface area contributed by atoms with Gasteiger partial charge in [-0.2, -0.15) is 5.10 Å². The van der Waals surface area contributed by atoms with Crippen LogP contribution in [-0.2, 0) is 23.6 Å². The summed E-state index contributed by atoms with van der Waals surface area (Å²) in [7, 11) is 0. The number of thiophene rings is 1. The summed E-state index contributed by atoms with van der Waals surface area (Å²) < 4.78 is 1.76. The van der Waals surface area contributed by atoms with Crippen LogP contribution in [-0.4, -0.2) is 35.9 Å². The second-order valence-electron chi connectivity index (χ2n) is 7.56. The fourth-order valence-corrected chi connectivity index (χ4v) is 5.07. The summed E-state index contributed by atoms with van der Waals surface area (Å²) in [6.45, 7) is 6.91. The fourth-order valence-electron chi connectivity index (χ4n) is 3.24. The third-order valence-electron chi connectivity index (χ3n) is 5.23. The first-order chi connectivity index (χ1) is 15.4. The number of carbonyl (C=O) groups excluding carboxylic acids is 1. The maximum absolute atomic E-state index is 12.5. The minimum absolute atomic E-state index is 0.0482. The molecule has 10 heteroatoms. The van der Waals surface area contributed by atoms with Gasteiger partial charge >= 0.3 is 0 Å². The van der Waals surface area contributed by atoms with Crippen molar-refractivity contribution < 1.29 is 4.79 Å². The second-order valence-corrected chi connectivity index (χ2v) is 10.1. The van der Waals surface area contributed by atoms with Gasteiger partial charge in [0, 0.05) is 11.4 Å². The number of thioether (sulfide) groups is 1. The zero-order valence-electron chi connectivity index (χ0n) is 18.1. The van der Waals surface area contributed by atoms with Crippen LogP contribution in [0.2, 0.25) is 0 Å². The molecule has 0 saturated heterocycles. The number of nitrogens with one attached hydrogen (secondary N) is 2. The van der Waals surface area contributed by atoms with Gasteiger partial charge in [-0.05, 0) is 37.5 Å². The largest absolute Gasteiger partial charge is 0.351 e. The molecule has 0 aliphatic rings. The predicted molar refractivity (Wildman–Crippen MR) is 128 cm³/mol. The summed E-state index contributed by atoms with van der Waals surface area (Å²) in [5, 5.41) is 7.47. The van der Waals surface area contributed by atoms with Crippen LogP contribution in [0.15, 0.2) is 41.7 Å². The SMILES string of the molecule is Cc1sc2nc(CSC(C)C(=O)NCc3ccc(Cn4cncn4)cc3)[nH]c(=O)c2c1C. The van der Waals surface area contributed by atoms with Crippen LogP contribution in [0.1, 0.15) is 34.3 Å². The number of nitrogens with zero attached hydrogens (tertiary/aromatic N) is 4. The van der Waals surface area contributed by atoms with Gasteiger partial charge in [0.25, 0.3) is 5.56 Å².